The molecule has 0 bridgehead atoms. The van der Waals surface area contributed by atoms with Gasteiger partial charge in [-0.25, -0.2) is 8.42 Å². The van der Waals surface area contributed by atoms with Crippen molar-refractivity contribution in [2.24, 2.45) is 4.99 Å². The van der Waals surface area contributed by atoms with Crippen molar-refractivity contribution in [2.75, 3.05) is 0 Å². The Labute approximate surface area is 160 Å². The predicted molar refractivity (Wildman–Crippen MR) is 99.8 cm³/mol. The Hall–Kier alpha value is -2.91. The van der Waals surface area contributed by atoms with Crippen LogP contribution in [-0.4, -0.2) is 32.1 Å². The second-order valence-electron chi connectivity index (χ2n) is 5.71. The first-order chi connectivity index (χ1) is 12.8. The average molecular weight is 407 g/mol. The molecule has 0 saturated heterocycles. The molecule has 8 nitrogen and oxygen atoms in total. The Kier molecular flexibility index (Phi) is 5.15. The van der Waals surface area contributed by atoms with Gasteiger partial charge in [-0.1, -0.05) is 23.7 Å². The summed E-state index contributed by atoms with van der Waals surface area (Å²) in [5.74, 6) is -1.04. The fraction of sp³-hybridized carbons (Fsp3) is 0.118. The van der Waals surface area contributed by atoms with Crippen LogP contribution in [0.4, 0.5) is 0 Å². The van der Waals surface area contributed by atoms with E-state index in [4.69, 9.17) is 11.6 Å². The summed E-state index contributed by atoms with van der Waals surface area (Å²) in [4.78, 5) is 28.4. The molecule has 1 aliphatic heterocycles. The van der Waals surface area contributed by atoms with Gasteiger partial charge in [0.15, 0.2) is 0 Å². The summed E-state index contributed by atoms with van der Waals surface area (Å²) in [7, 11) is -3.68. The molecule has 0 aliphatic carbocycles. The Bertz CT molecular complexity index is 1040. The minimum atomic E-state index is -3.68. The van der Waals surface area contributed by atoms with Gasteiger partial charge in [-0.15, -0.1) is 0 Å². The summed E-state index contributed by atoms with van der Waals surface area (Å²) >= 11 is 5.76. The molecular weight excluding hydrogens is 392 g/mol. The van der Waals surface area contributed by atoms with Gasteiger partial charge in [-0.2, -0.15) is 0 Å². The number of benzene rings is 2. The molecule has 2 aromatic rings. The minimum absolute atomic E-state index is 0.0808. The van der Waals surface area contributed by atoms with Crippen molar-refractivity contribution in [3.63, 3.8) is 0 Å². The standard InChI is InChI=1S/C17H15ClN4O4S/c1-10(16(23)20-21-17(24)11-6-8-12(18)9-7-11)19-15-13-4-2-3-5-14(13)27(25,26)22-15/h2-10H,1H3,(H,19,22)(H,20,23)(H,21,24)/t10-/m0/s1. The minimum Gasteiger partial charge on any atom is -0.271 e. The number of aliphatic imine (C=N–C) groups is 1. The molecule has 0 radical (unpaired) electrons. The Balaban J connectivity index is 1.67. The smallest absolute Gasteiger partial charge is 0.269 e. The molecule has 2 aromatic carbocycles. The van der Waals surface area contributed by atoms with Crippen molar-refractivity contribution in [2.45, 2.75) is 17.9 Å². The van der Waals surface area contributed by atoms with Gasteiger partial charge < -0.3 is 0 Å². The van der Waals surface area contributed by atoms with Crippen LogP contribution in [0.1, 0.15) is 22.8 Å². The number of amides is 2. The van der Waals surface area contributed by atoms with E-state index in [1.165, 1.54) is 25.1 Å². The zero-order chi connectivity index (χ0) is 19.6. The second kappa shape index (κ2) is 7.37. The third kappa shape index (κ3) is 4.09. The molecule has 3 rings (SSSR count). The molecule has 0 fully saturated rings. The van der Waals surface area contributed by atoms with Gasteiger partial charge in [0.1, 0.15) is 11.9 Å². The van der Waals surface area contributed by atoms with E-state index in [1.54, 1.807) is 30.3 Å². The van der Waals surface area contributed by atoms with E-state index in [1.807, 2.05) is 0 Å². The lowest BCUT2D eigenvalue weighted by Gasteiger charge is -2.11. The molecule has 1 aliphatic rings. The number of fused-ring (bicyclic) bond motifs is 1. The van der Waals surface area contributed by atoms with Crippen molar-refractivity contribution >= 4 is 39.3 Å². The van der Waals surface area contributed by atoms with Gasteiger partial charge in [0.25, 0.3) is 21.8 Å². The molecule has 0 aromatic heterocycles. The lowest BCUT2D eigenvalue weighted by Crippen LogP contribution is -2.45. The summed E-state index contributed by atoms with van der Waals surface area (Å²) < 4.78 is 26.4. The highest BCUT2D eigenvalue weighted by molar-refractivity contribution is 7.90. The van der Waals surface area contributed by atoms with Crippen LogP contribution in [0.15, 0.2) is 58.4 Å². The lowest BCUT2D eigenvalue weighted by molar-refractivity contribution is -0.122. The van der Waals surface area contributed by atoms with E-state index >= 15 is 0 Å². The number of hydrazine groups is 1. The molecular formula is C17H15ClN4O4S. The van der Waals surface area contributed by atoms with Gasteiger partial charge >= 0.3 is 0 Å². The second-order valence-corrected chi connectivity index (χ2v) is 7.79. The maximum absolute atomic E-state index is 12.2. The fourth-order valence-electron chi connectivity index (χ4n) is 2.38. The lowest BCUT2D eigenvalue weighted by atomic mass is 10.2. The van der Waals surface area contributed by atoms with Crippen LogP contribution in [0.5, 0.6) is 0 Å². The largest absolute Gasteiger partial charge is 0.271 e. The van der Waals surface area contributed by atoms with Gasteiger partial charge in [0.2, 0.25) is 0 Å². The molecule has 3 N–H and O–H groups in total. The number of carbonyl (C=O) groups is 2. The Morgan fingerprint density at radius 2 is 1.74 bits per heavy atom. The van der Waals surface area contributed by atoms with E-state index in [0.29, 0.717) is 16.1 Å². The Morgan fingerprint density at radius 1 is 1.07 bits per heavy atom. The number of hydrogen-bond acceptors (Lipinski definition) is 5. The van der Waals surface area contributed by atoms with Gasteiger partial charge in [-0.3, -0.25) is 30.2 Å². The first-order valence-corrected chi connectivity index (χ1v) is 9.70. The van der Waals surface area contributed by atoms with Crippen molar-refractivity contribution in [3.05, 3.63) is 64.7 Å². The maximum atomic E-state index is 12.2. The first-order valence-electron chi connectivity index (χ1n) is 7.84. The summed E-state index contributed by atoms with van der Waals surface area (Å²) in [5.41, 5.74) is 5.24. The molecule has 2 amide bonds. The summed E-state index contributed by atoms with van der Waals surface area (Å²) in [5, 5.41) is 0.485. The van der Waals surface area contributed by atoms with E-state index in [-0.39, 0.29) is 10.7 Å². The van der Waals surface area contributed by atoms with Crippen molar-refractivity contribution in [1.29, 1.82) is 0 Å². The molecule has 0 spiro atoms. The van der Waals surface area contributed by atoms with Crippen molar-refractivity contribution < 1.29 is 18.0 Å². The predicted octanol–water partition coefficient (Wildman–Crippen LogP) is 1.23. The molecule has 27 heavy (non-hydrogen) atoms. The zero-order valence-corrected chi connectivity index (χ0v) is 15.6. The maximum Gasteiger partial charge on any atom is 0.269 e. The number of sulfonamides is 1. The number of carbonyl (C=O) groups excluding carboxylic acids is 2. The molecule has 140 valence electrons. The summed E-state index contributed by atoms with van der Waals surface area (Å²) in [6, 6.07) is 11.5. The monoisotopic (exact) mass is 406 g/mol. The highest BCUT2D eigenvalue weighted by Crippen LogP contribution is 2.22. The summed E-state index contributed by atoms with van der Waals surface area (Å²) in [6.45, 7) is 1.48. The van der Waals surface area contributed by atoms with Gasteiger partial charge in [-0.05, 0) is 43.3 Å². The molecule has 0 unspecified atom stereocenters. The van der Waals surface area contributed by atoms with Crippen LogP contribution in [-0.2, 0) is 14.8 Å². The molecule has 1 atom stereocenters. The Morgan fingerprint density at radius 3 is 2.44 bits per heavy atom. The quantitative estimate of drug-likeness (QED) is 0.664. The summed E-state index contributed by atoms with van der Waals surface area (Å²) in [6.07, 6.45) is 0. The third-order valence-electron chi connectivity index (χ3n) is 3.77. The average Bonchev–Trinajstić information content (AvgIpc) is 2.90. The molecule has 0 saturated carbocycles. The van der Waals surface area contributed by atoms with E-state index in [0.717, 1.165) is 0 Å². The van der Waals surface area contributed by atoms with Crippen LogP contribution in [0.2, 0.25) is 5.02 Å². The highest BCUT2D eigenvalue weighted by atomic mass is 35.5. The number of nitrogens with one attached hydrogen (secondary N) is 3. The molecule has 1 heterocycles. The highest BCUT2D eigenvalue weighted by Gasteiger charge is 2.31. The first kappa shape index (κ1) is 18.9. The number of amidine groups is 1. The normalized spacial score (nSPS) is 16.9. The van der Waals surface area contributed by atoms with E-state index in [2.05, 4.69) is 20.6 Å². The third-order valence-corrected chi connectivity index (χ3v) is 5.42. The number of hydrogen-bond donors (Lipinski definition) is 3. The SMILES string of the molecule is C[C@H](N=C1NS(=O)(=O)c2ccccc21)C(=O)NNC(=O)c1ccc(Cl)cc1. The van der Waals surface area contributed by atoms with Crippen molar-refractivity contribution in [1.82, 2.24) is 15.6 Å². The van der Waals surface area contributed by atoms with Gasteiger partial charge in [0, 0.05) is 16.1 Å². The van der Waals surface area contributed by atoms with Gasteiger partial charge in [0.05, 0.1) is 4.90 Å². The van der Waals surface area contributed by atoms with Crippen LogP contribution in [0.3, 0.4) is 0 Å². The van der Waals surface area contributed by atoms with Crippen LogP contribution < -0.4 is 15.6 Å². The van der Waals surface area contributed by atoms with Crippen LogP contribution in [0, 0.1) is 0 Å². The fourth-order valence-corrected chi connectivity index (χ4v) is 3.74. The van der Waals surface area contributed by atoms with Crippen molar-refractivity contribution in [3.8, 4) is 0 Å². The van der Waals surface area contributed by atoms with Crippen LogP contribution in [0.25, 0.3) is 0 Å². The number of rotatable bonds is 3. The van der Waals surface area contributed by atoms with E-state index < -0.39 is 27.9 Å². The number of halogens is 1. The number of nitrogens with zero attached hydrogens (tertiary/aromatic N) is 1. The zero-order valence-electron chi connectivity index (χ0n) is 14.1. The van der Waals surface area contributed by atoms with E-state index in [9.17, 15) is 18.0 Å². The topological polar surface area (TPSA) is 117 Å². The van der Waals surface area contributed by atoms with Crippen LogP contribution >= 0.6 is 11.6 Å². The molecule has 10 heteroatoms.